The standard InChI is InChI=1S/C19H24N2O5S/c1-27-17-7-6-14(10-16(17)21(24)25)19(23)26-12-18(22)20-9-8-13-4-2-3-5-15(13)11-20/h6-7,10,13,15H,2-5,8-9,11-12H2,1H3/t13-,15-/m0/s1. The summed E-state index contributed by atoms with van der Waals surface area (Å²) in [7, 11) is 0. The lowest BCUT2D eigenvalue weighted by molar-refractivity contribution is -0.387. The minimum atomic E-state index is -0.716. The Morgan fingerprint density at radius 2 is 2.00 bits per heavy atom. The summed E-state index contributed by atoms with van der Waals surface area (Å²) in [6.45, 7) is 1.13. The molecule has 27 heavy (non-hydrogen) atoms. The Kier molecular flexibility index (Phi) is 6.36. The predicted molar refractivity (Wildman–Crippen MR) is 102 cm³/mol. The van der Waals surface area contributed by atoms with Gasteiger partial charge in [0.1, 0.15) is 0 Å². The van der Waals surface area contributed by atoms with E-state index in [1.54, 1.807) is 11.2 Å². The quantitative estimate of drug-likeness (QED) is 0.330. The molecule has 0 N–H and O–H groups in total. The van der Waals surface area contributed by atoms with Crippen LogP contribution in [0.5, 0.6) is 0 Å². The summed E-state index contributed by atoms with van der Waals surface area (Å²) >= 11 is 1.24. The summed E-state index contributed by atoms with van der Waals surface area (Å²) < 4.78 is 5.13. The van der Waals surface area contributed by atoms with E-state index in [1.165, 1.54) is 55.6 Å². The first-order valence-electron chi connectivity index (χ1n) is 9.27. The van der Waals surface area contributed by atoms with E-state index < -0.39 is 10.9 Å². The molecule has 0 spiro atoms. The summed E-state index contributed by atoms with van der Waals surface area (Å²) in [5.41, 5.74) is -0.0547. The Balaban J connectivity index is 1.56. The van der Waals surface area contributed by atoms with E-state index in [0.717, 1.165) is 18.9 Å². The number of esters is 1. The van der Waals surface area contributed by atoms with Crippen molar-refractivity contribution in [2.24, 2.45) is 11.8 Å². The molecule has 0 aromatic heterocycles. The Hall–Kier alpha value is -2.09. The molecule has 1 aliphatic heterocycles. The summed E-state index contributed by atoms with van der Waals surface area (Å²) in [5.74, 6) is 0.379. The SMILES string of the molecule is CSc1ccc(C(=O)OCC(=O)N2CC[C@@H]3CCCC[C@H]3C2)cc1[N+](=O)[O-]. The second-order valence-electron chi connectivity index (χ2n) is 7.15. The molecule has 146 valence electrons. The van der Waals surface area contributed by atoms with Crippen molar-refractivity contribution in [3.63, 3.8) is 0 Å². The number of piperidine rings is 1. The first-order chi connectivity index (χ1) is 13.0. The van der Waals surface area contributed by atoms with Gasteiger partial charge < -0.3 is 9.64 Å². The molecular formula is C19H24N2O5S. The van der Waals surface area contributed by atoms with E-state index in [9.17, 15) is 19.7 Å². The molecule has 0 bridgehead atoms. The van der Waals surface area contributed by atoms with Crippen LogP contribution in [-0.4, -0.2) is 47.7 Å². The van der Waals surface area contributed by atoms with Crippen LogP contribution in [0.4, 0.5) is 5.69 Å². The predicted octanol–water partition coefficient (Wildman–Crippen LogP) is 3.51. The van der Waals surface area contributed by atoms with Crippen molar-refractivity contribution >= 4 is 29.3 Å². The van der Waals surface area contributed by atoms with E-state index in [-0.39, 0.29) is 23.8 Å². The first-order valence-corrected chi connectivity index (χ1v) is 10.5. The third-order valence-corrected chi connectivity index (χ3v) is 6.37. The lowest BCUT2D eigenvalue weighted by atomic mass is 9.75. The highest BCUT2D eigenvalue weighted by atomic mass is 32.2. The maximum atomic E-state index is 12.4. The normalized spacial score (nSPS) is 22.0. The first kappa shape index (κ1) is 19.7. The average Bonchev–Trinajstić information content (AvgIpc) is 2.70. The summed E-state index contributed by atoms with van der Waals surface area (Å²) in [6, 6.07) is 4.21. The molecule has 0 radical (unpaired) electrons. The van der Waals surface area contributed by atoms with E-state index >= 15 is 0 Å². The van der Waals surface area contributed by atoms with Crippen molar-refractivity contribution in [2.45, 2.75) is 37.0 Å². The van der Waals surface area contributed by atoms with E-state index in [2.05, 4.69) is 0 Å². The lowest BCUT2D eigenvalue weighted by Gasteiger charge is -2.41. The zero-order valence-electron chi connectivity index (χ0n) is 15.4. The van der Waals surface area contributed by atoms with Crippen LogP contribution in [0.2, 0.25) is 0 Å². The molecule has 2 fully saturated rings. The fourth-order valence-electron chi connectivity index (χ4n) is 4.09. The Morgan fingerprint density at radius 1 is 1.26 bits per heavy atom. The number of fused-ring (bicyclic) bond motifs is 1. The molecule has 1 heterocycles. The average molecular weight is 392 g/mol. The minimum Gasteiger partial charge on any atom is -0.452 e. The Morgan fingerprint density at radius 3 is 2.70 bits per heavy atom. The van der Waals surface area contributed by atoms with Gasteiger partial charge in [-0.05, 0) is 43.1 Å². The molecule has 1 saturated carbocycles. The molecule has 1 amide bonds. The molecule has 8 heteroatoms. The second kappa shape index (κ2) is 8.73. The van der Waals surface area contributed by atoms with Gasteiger partial charge >= 0.3 is 5.97 Å². The molecule has 1 aromatic carbocycles. The smallest absolute Gasteiger partial charge is 0.338 e. The van der Waals surface area contributed by atoms with Crippen molar-refractivity contribution in [1.82, 2.24) is 4.90 Å². The number of benzene rings is 1. The fourth-order valence-corrected chi connectivity index (χ4v) is 4.64. The Bertz CT molecular complexity index is 739. The van der Waals surface area contributed by atoms with Crippen LogP contribution < -0.4 is 0 Å². The van der Waals surface area contributed by atoms with Gasteiger partial charge in [0, 0.05) is 19.2 Å². The molecule has 1 saturated heterocycles. The number of nitro benzene ring substituents is 1. The third kappa shape index (κ3) is 4.61. The number of rotatable bonds is 5. The van der Waals surface area contributed by atoms with Crippen molar-refractivity contribution < 1.29 is 19.2 Å². The van der Waals surface area contributed by atoms with Gasteiger partial charge in [-0.1, -0.05) is 19.3 Å². The number of nitrogens with zero attached hydrogens (tertiary/aromatic N) is 2. The van der Waals surface area contributed by atoms with Crippen molar-refractivity contribution in [3.8, 4) is 0 Å². The fraction of sp³-hybridized carbons (Fsp3) is 0.579. The molecule has 1 aliphatic carbocycles. The van der Waals surface area contributed by atoms with Crippen LogP contribution in [0, 0.1) is 22.0 Å². The number of nitro groups is 1. The molecule has 1 aromatic rings. The number of hydrogen-bond acceptors (Lipinski definition) is 6. The van der Waals surface area contributed by atoms with Crippen LogP contribution in [0.3, 0.4) is 0 Å². The summed E-state index contributed by atoms with van der Waals surface area (Å²) in [6.07, 6.45) is 7.69. The van der Waals surface area contributed by atoms with Gasteiger partial charge in [-0.3, -0.25) is 14.9 Å². The van der Waals surface area contributed by atoms with Gasteiger partial charge in [-0.25, -0.2) is 4.79 Å². The number of carbonyl (C=O) groups excluding carboxylic acids is 2. The number of ether oxygens (including phenoxy) is 1. The minimum absolute atomic E-state index is 0.0817. The number of thioether (sulfide) groups is 1. The topological polar surface area (TPSA) is 89.8 Å². The van der Waals surface area contributed by atoms with Crippen LogP contribution in [0.25, 0.3) is 0 Å². The van der Waals surface area contributed by atoms with E-state index in [4.69, 9.17) is 4.74 Å². The monoisotopic (exact) mass is 392 g/mol. The second-order valence-corrected chi connectivity index (χ2v) is 8.00. The zero-order chi connectivity index (χ0) is 19.4. The summed E-state index contributed by atoms with van der Waals surface area (Å²) in [5, 5.41) is 11.1. The van der Waals surface area contributed by atoms with Crippen molar-refractivity contribution in [3.05, 3.63) is 33.9 Å². The van der Waals surface area contributed by atoms with Gasteiger partial charge in [0.15, 0.2) is 6.61 Å². The van der Waals surface area contributed by atoms with Crippen LogP contribution in [0.15, 0.2) is 23.1 Å². The number of carbonyl (C=O) groups is 2. The van der Waals surface area contributed by atoms with E-state index in [0.29, 0.717) is 17.4 Å². The van der Waals surface area contributed by atoms with Gasteiger partial charge in [0.2, 0.25) is 0 Å². The van der Waals surface area contributed by atoms with Gasteiger partial charge in [-0.2, -0.15) is 0 Å². The van der Waals surface area contributed by atoms with Crippen LogP contribution in [-0.2, 0) is 9.53 Å². The number of hydrogen-bond donors (Lipinski definition) is 0. The van der Waals surface area contributed by atoms with E-state index in [1.807, 2.05) is 0 Å². The summed E-state index contributed by atoms with van der Waals surface area (Å²) in [4.78, 5) is 37.5. The molecule has 2 atom stereocenters. The third-order valence-electron chi connectivity index (χ3n) is 5.58. The molecule has 7 nitrogen and oxygen atoms in total. The van der Waals surface area contributed by atoms with Crippen molar-refractivity contribution in [2.75, 3.05) is 26.0 Å². The van der Waals surface area contributed by atoms with Crippen molar-refractivity contribution in [1.29, 1.82) is 0 Å². The largest absolute Gasteiger partial charge is 0.452 e. The maximum Gasteiger partial charge on any atom is 0.338 e. The molecule has 0 unspecified atom stereocenters. The van der Waals surface area contributed by atoms with Gasteiger partial charge in [0.05, 0.1) is 15.4 Å². The van der Waals surface area contributed by atoms with Gasteiger partial charge in [-0.15, -0.1) is 11.8 Å². The number of likely N-dealkylation sites (tertiary alicyclic amines) is 1. The van der Waals surface area contributed by atoms with Crippen LogP contribution >= 0.6 is 11.8 Å². The highest BCUT2D eigenvalue weighted by Crippen LogP contribution is 2.36. The lowest BCUT2D eigenvalue weighted by Crippen LogP contribution is -2.46. The maximum absolute atomic E-state index is 12.4. The highest BCUT2D eigenvalue weighted by Gasteiger charge is 2.33. The van der Waals surface area contributed by atoms with Gasteiger partial charge in [0.25, 0.3) is 11.6 Å². The molecule has 3 rings (SSSR count). The Labute approximate surface area is 162 Å². The number of amides is 1. The highest BCUT2D eigenvalue weighted by molar-refractivity contribution is 7.98. The zero-order valence-corrected chi connectivity index (χ0v) is 16.2. The van der Waals surface area contributed by atoms with Crippen LogP contribution in [0.1, 0.15) is 42.5 Å². The molecular weight excluding hydrogens is 368 g/mol. The molecule has 2 aliphatic rings.